The summed E-state index contributed by atoms with van der Waals surface area (Å²) in [5.74, 6) is 0.276. The molecule has 3 heterocycles. The van der Waals surface area contributed by atoms with Gasteiger partial charge in [-0.2, -0.15) is 4.57 Å². The molecule has 8 nitrogen and oxygen atoms in total. The number of rotatable bonds is 9. The zero-order valence-electron chi connectivity index (χ0n) is 24.3. The first-order chi connectivity index (χ1) is 19.9. The summed E-state index contributed by atoms with van der Waals surface area (Å²) in [6, 6.07) is 19.3. The molecule has 2 aliphatic heterocycles. The largest absolute Gasteiger partial charge is 1.00 e. The number of ether oxygens (including phenoxy) is 1. The number of halogens is 2. The van der Waals surface area contributed by atoms with Gasteiger partial charge in [-0.3, -0.25) is 19.3 Å². The molecule has 4 aromatic rings. The van der Waals surface area contributed by atoms with Gasteiger partial charge in [0, 0.05) is 85.0 Å². The van der Waals surface area contributed by atoms with Crippen LogP contribution in [0.25, 0.3) is 21.7 Å². The van der Waals surface area contributed by atoms with Crippen LogP contribution < -0.4 is 27.2 Å². The normalized spacial score (nSPS) is 15.2. The number of amides is 3. The van der Waals surface area contributed by atoms with Gasteiger partial charge in [-0.05, 0) is 67.4 Å². The highest BCUT2D eigenvalue weighted by Gasteiger charge is 2.34. The van der Waals surface area contributed by atoms with Gasteiger partial charge in [0.2, 0.25) is 10.5 Å². The molecular weight excluding hydrogens is 607 g/mol. The number of hydrogen-bond acceptors (Lipinski definition) is 6. The number of fused-ring (bicyclic) bond motifs is 3. The van der Waals surface area contributed by atoms with Crippen LogP contribution in [0, 0.1) is 0 Å². The van der Waals surface area contributed by atoms with E-state index in [1.165, 1.54) is 4.90 Å². The van der Waals surface area contributed by atoms with Crippen molar-refractivity contribution in [1.29, 1.82) is 0 Å². The second-order valence-corrected chi connectivity index (χ2v) is 11.7. The predicted octanol–water partition coefficient (Wildman–Crippen LogP) is 2.22. The zero-order valence-corrected chi connectivity index (χ0v) is 26.7. The van der Waals surface area contributed by atoms with E-state index in [2.05, 4.69) is 16.0 Å². The molecule has 0 radical (unpaired) electrons. The maximum Gasteiger partial charge on any atom is 0.273 e. The highest BCUT2D eigenvalue weighted by molar-refractivity contribution is 7.99. The molecule has 2 aliphatic rings. The monoisotopic (exact) mass is 640 g/mol. The topological polar surface area (TPSA) is 82.8 Å². The van der Waals surface area contributed by atoms with Crippen LogP contribution in [0.5, 0.6) is 0 Å². The van der Waals surface area contributed by atoms with Crippen molar-refractivity contribution in [2.45, 2.75) is 30.5 Å². The number of nitrogens with one attached hydrogen (secondary N) is 1. The minimum Gasteiger partial charge on any atom is -1.00 e. The number of anilines is 1. The number of aromatic nitrogens is 1. The summed E-state index contributed by atoms with van der Waals surface area (Å²) in [7, 11) is 5.62. The molecule has 3 amide bonds. The number of methoxy groups -OCH3 is 1. The molecule has 0 saturated carbocycles. The van der Waals surface area contributed by atoms with Crippen molar-refractivity contribution in [1.82, 2.24) is 10.2 Å². The van der Waals surface area contributed by atoms with Gasteiger partial charge in [0.1, 0.15) is 0 Å². The molecule has 1 unspecified atom stereocenters. The highest BCUT2D eigenvalue weighted by Crippen LogP contribution is 2.35. The molecule has 6 rings (SSSR count). The van der Waals surface area contributed by atoms with Gasteiger partial charge in [-0.15, -0.1) is 12.4 Å². The Morgan fingerprint density at radius 3 is 2.53 bits per heavy atom. The molecule has 0 bridgehead atoms. The second kappa shape index (κ2) is 13.5. The van der Waals surface area contributed by atoms with Gasteiger partial charge >= 0.3 is 0 Å². The Kier molecular flexibility index (Phi) is 10.2. The van der Waals surface area contributed by atoms with E-state index in [9.17, 15) is 14.4 Å². The van der Waals surface area contributed by atoms with Crippen LogP contribution in [0.4, 0.5) is 5.69 Å². The lowest BCUT2D eigenvalue weighted by Gasteiger charge is -2.28. The van der Waals surface area contributed by atoms with E-state index in [1.54, 1.807) is 24.9 Å². The van der Waals surface area contributed by atoms with Crippen molar-refractivity contribution < 1.29 is 36.1 Å². The van der Waals surface area contributed by atoms with Crippen molar-refractivity contribution in [3.8, 4) is 0 Å². The highest BCUT2D eigenvalue weighted by atomic mass is 35.5. The number of unbranched alkanes of at least 4 members (excludes halogenated alkanes) is 2. The van der Waals surface area contributed by atoms with E-state index < -0.39 is 0 Å². The lowest BCUT2D eigenvalue weighted by atomic mass is 9.92. The molecule has 226 valence electrons. The van der Waals surface area contributed by atoms with Crippen LogP contribution in [0.15, 0.2) is 65.7 Å². The summed E-state index contributed by atoms with van der Waals surface area (Å²) < 4.78 is 7.80. The lowest BCUT2D eigenvalue weighted by molar-refractivity contribution is -0.759. The summed E-state index contributed by atoms with van der Waals surface area (Å²) in [6.07, 6.45) is 2.20. The first-order valence-electron chi connectivity index (χ1n) is 13.9. The fraction of sp³-hybridized carbons (Fsp3) is 0.312. The Hall–Kier alpha value is -3.37. The number of thioether (sulfide) groups is 1. The maximum atomic E-state index is 13.3. The SMILES string of the molecule is COC1CSc2ccc3cc(C(=O)NCCCCCN4C(=O)c5cccc6c(N(C)C)ccc(c56)C4=O)ccc3[n+]21.Cl.[Cl-]. The zero-order chi connectivity index (χ0) is 28.7. The average molecular weight is 642 g/mol. The number of carbonyl (C=O) groups excluding carboxylic acids is 3. The minimum absolute atomic E-state index is 0. The fourth-order valence-electron chi connectivity index (χ4n) is 5.83. The summed E-state index contributed by atoms with van der Waals surface area (Å²) in [5.41, 5.74) is 3.79. The lowest BCUT2D eigenvalue weighted by Crippen LogP contribution is -3.00. The number of carbonyl (C=O) groups is 3. The molecule has 1 N–H and O–H groups in total. The van der Waals surface area contributed by atoms with Crippen molar-refractivity contribution in [2.24, 2.45) is 0 Å². The molecular formula is C32H34Cl2N4O4S. The van der Waals surface area contributed by atoms with E-state index in [4.69, 9.17) is 4.74 Å². The molecule has 0 aliphatic carbocycles. The third kappa shape index (κ3) is 5.91. The van der Waals surface area contributed by atoms with E-state index >= 15 is 0 Å². The van der Waals surface area contributed by atoms with E-state index in [1.807, 2.05) is 67.5 Å². The standard InChI is InChI=1S/C32H32N4O4S.2ClH/c1-34(2)26-14-12-24-29-22(26)8-7-9-23(29)31(38)35(32(24)39)17-6-4-5-16-33-30(37)21-10-13-25-20(18-21)11-15-28-36(25)27(40-3)19-41-28;;/h7-15,18,27H,4-6,16-17,19H2,1-3H3;2*1H. The molecule has 1 aromatic heterocycles. The van der Waals surface area contributed by atoms with E-state index in [-0.39, 0.29) is 48.8 Å². The number of benzene rings is 3. The van der Waals surface area contributed by atoms with Crippen LogP contribution in [0.1, 0.15) is 56.6 Å². The van der Waals surface area contributed by atoms with Gasteiger partial charge in [0.05, 0.1) is 5.75 Å². The van der Waals surface area contributed by atoms with Crippen LogP contribution in [-0.4, -0.2) is 62.7 Å². The Balaban J connectivity index is 0.00000212. The first-order valence-corrected chi connectivity index (χ1v) is 14.9. The van der Waals surface area contributed by atoms with Crippen molar-refractivity contribution >= 4 is 69.3 Å². The molecule has 0 spiro atoms. The molecule has 1 atom stereocenters. The van der Waals surface area contributed by atoms with Gasteiger partial charge in [0.25, 0.3) is 23.9 Å². The number of hydrogen-bond donors (Lipinski definition) is 1. The Morgan fingerprint density at radius 2 is 1.79 bits per heavy atom. The fourth-order valence-corrected chi connectivity index (χ4v) is 6.95. The van der Waals surface area contributed by atoms with Gasteiger partial charge in [-0.1, -0.05) is 12.1 Å². The smallest absolute Gasteiger partial charge is 0.273 e. The Bertz CT molecular complexity index is 1690. The summed E-state index contributed by atoms with van der Waals surface area (Å²) in [5, 5.41) is 6.81. The van der Waals surface area contributed by atoms with E-state index in [0.29, 0.717) is 36.2 Å². The van der Waals surface area contributed by atoms with Crippen LogP contribution in [0.3, 0.4) is 0 Å². The molecule has 3 aromatic carbocycles. The first kappa shape index (κ1) is 32.5. The van der Waals surface area contributed by atoms with Crippen molar-refractivity contribution in [2.75, 3.05) is 44.9 Å². The Labute approximate surface area is 267 Å². The number of pyridine rings is 1. The molecule has 43 heavy (non-hydrogen) atoms. The molecule has 0 fully saturated rings. The van der Waals surface area contributed by atoms with Crippen LogP contribution >= 0.6 is 24.2 Å². The van der Waals surface area contributed by atoms with Gasteiger partial charge in [-0.25, -0.2) is 0 Å². The summed E-state index contributed by atoms with van der Waals surface area (Å²) in [6.45, 7) is 0.875. The average Bonchev–Trinajstić information content (AvgIpc) is 3.42. The Morgan fingerprint density at radius 1 is 1.02 bits per heavy atom. The number of imide groups is 1. The summed E-state index contributed by atoms with van der Waals surface area (Å²) in [4.78, 5) is 42.7. The van der Waals surface area contributed by atoms with Crippen LogP contribution in [-0.2, 0) is 4.74 Å². The van der Waals surface area contributed by atoms with Gasteiger partial charge < -0.3 is 27.4 Å². The van der Waals surface area contributed by atoms with Crippen LogP contribution in [0.2, 0.25) is 0 Å². The third-order valence-electron chi connectivity index (χ3n) is 7.92. The maximum absolute atomic E-state index is 13.3. The van der Waals surface area contributed by atoms with E-state index in [0.717, 1.165) is 51.0 Å². The minimum atomic E-state index is -0.243. The molecule has 11 heteroatoms. The predicted molar refractivity (Wildman–Crippen MR) is 168 cm³/mol. The number of nitrogens with zero attached hydrogens (tertiary/aromatic N) is 3. The van der Waals surface area contributed by atoms with Gasteiger partial charge in [0.15, 0.2) is 0 Å². The second-order valence-electron chi connectivity index (χ2n) is 10.6. The quantitative estimate of drug-likeness (QED) is 0.172. The molecule has 0 saturated heterocycles. The van der Waals surface area contributed by atoms with Crippen molar-refractivity contribution in [3.05, 3.63) is 77.4 Å². The van der Waals surface area contributed by atoms with Crippen molar-refractivity contribution in [3.63, 3.8) is 0 Å². The summed E-state index contributed by atoms with van der Waals surface area (Å²) >= 11 is 1.77. The third-order valence-corrected chi connectivity index (χ3v) is 9.00.